The van der Waals surface area contributed by atoms with Crippen LogP contribution in [-0.2, 0) is 20.5 Å². The summed E-state index contributed by atoms with van der Waals surface area (Å²) < 4.78 is 37.4. The molecule has 1 unspecified atom stereocenters. The van der Waals surface area contributed by atoms with Gasteiger partial charge in [-0.05, 0) is 57.2 Å². The highest BCUT2D eigenvalue weighted by Gasteiger charge is 2.29. The zero-order valence-electron chi connectivity index (χ0n) is 16.5. The average molecular weight is 399 g/mol. The van der Waals surface area contributed by atoms with Crippen molar-refractivity contribution in [3.63, 3.8) is 0 Å². The first kappa shape index (κ1) is 21.5. The van der Waals surface area contributed by atoms with Gasteiger partial charge in [0.25, 0.3) is 0 Å². The van der Waals surface area contributed by atoms with Gasteiger partial charge in [0.1, 0.15) is 11.4 Å². The van der Waals surface area contributed by atoms with Crippen molar-refractivity contribution in [2.75, 3.05) is 26.7 Å². The lowest BCUT2D eigenvalue weighted by atomic mass is 10.00. The third-order valence-corrected chi connectivity index (χ3v) is 6.13. The molecular weight excluding hydrogens is 368 g/mol. The van der Waals surface area contributed by atoms with Crippen molar-refractivity contribution in [1.29, 1.82) is 0 Å². The molecule has 0 aromatic heterocycles. The van der Waals surface area contributed by atoms with E-state index in [4.69, 9.17) is 9.47 Å². The fraction of sp³-hybridized carbons (Fsp3) is 0.632. The van der Waals surface area contributed by atoms with Crippen LogP contribution in [0.4, 0.5) is 4.79 Å². The number of sulfonamides is 1. The maximum atomic E-state index is 12.8. The van der Waals surface area contributed by atoms with Gasteiger partial charge in [-0.1, -0.05) is 12.1 Å². The smallest absolute Gasteiger partial charge is 0.407 e. The lowest BCUT2D eigenvalue weighted by Crippen LogP contribution is -2.44. The normalized spacial score (nSPS) is 18.7. The Bertz CT molecular complexity index is 725. The highest BCUT2D eigenvalue weighted by molar-refractivity contribution is 7.88. The zero-order chi connectivity index (χ0) is 20.1. The molecule has 1 atom stereocenters. The predicted octanol–water partition coefficient (Wildman–Crippen LogP) is 2.76. The minimum Gasteiger partial charge on any atom is -0.497 e. The summed E-state index contributed by atoms with van der Waals surface area (Å²) in [5, 5.41) is 2.75. The minimum atomic E-state index is -3.41. The maximum Gasteiger partial charge on any atom is 0.407 e. The van der Waals surface area contributed by atoms with E-state index in [9.17, 15) is 13.2 Å². The number of piperidine rings is 1. The Balaban J connectivity index is 1.90. The van der Waals surface area contributed by atoms with Crippen molar-refractivity contribution in [2.24, 2.45) is 5.92 Å². The maximum absolute atomic E-state index is 12.8. The Labute approximate surface area is 162 Å². The van der Waals surface area contributed by atoms with Crippen LogP contribution in [0.2, 0.25) is 0 Å². The number of hydrogen-bond donors (Lipinski definition) is 1. The van der Waals surface area contributed by atoms with E-state index in [1.165, 1.54) is 4.31 Å². The summed E-state index contributed by atoms with van der Waals surface area (Å²) in [7, 11) is -1.83. The molecule has 1 aromatic carbocycles. The molecule has 1 aromatic rings. The standard InChI is InChI=1S/C19H30N2O5S/c1-19(2,3)26-18(22)20-12-16-6-5-11-21(13-16)27(23,24)14-15-7-9-17(25-4)10-8-15/h7-10,16H,5-6,11-14H2,1-4H3,(H,20,22). The van der Waals surface area contributed by atoms with E-state index in [1.54, 1.807) is 52.1 Å². The molecule has 1 amide bonds. The van der Waals surface area contributed by atoms with Gasteiger partial charge in [0.2, 0.25) is 10.0 Å². The highest BCUT2D eigenvalue weighted by Crippen LogP contribution is 2.22. The van der Waals surface area contributed by atoms with Crippen LogP contribution in [0, 0.1) is 5.92 Å². The van der Waals surface area contributed by atoms with Gasteiger partial charge in [0.05, 0.1) is 12.9 Å². The summed E-state index contributed by atoms with van der Waals surface area (Å²) >= 11 is 0. The van der Waals surface area contributed by atoms with E-state index < -0.39 is 21.7 Å². The summed E-state index contributed by atoms with van der Waals surface area (Å²) in [6.45, 7) is 6.75. The lowest BCUT2D eigenvalue weighted by Gasteiger charge is -2.32. The van der Waals surface area contributed by atoms with Crippen molar-refractivity contribution in [3.05, 3.63) is 29.8 Å². The molecule has 1 N–H and O–H groups in total. The lowest BCUT2D eigenvalue weighted by molar-refractivity contribution is 0.0513. The van der Waals surface area contributed by atoms with Crippen molar-refractivity contribution >= 4 is 16.1 Å². The number of amides is 1. The monoisotopic (exact) mass is 398 g/mol. The van der Waals surface area contributed by atoms with Crippen LogP contribution < -0.4 is 10.1 Å². The topological polar surface area (TPSA) is 84.9 Å². The van der Waals surface area contributed by atoms with Crippen LogP contribution in [-0.4, -0.2) is 51.2 Å². The van der Waals surface area contributed by atoms with E-state index in [1.807, 2.05) is 0 Å². The molecule has 0 aliphatic carbocycles. The Morgan fingerprint density at radius 2 is 1.93 bits per heavy atom. The van der Waals surface area contributed by atoms with Crippen molar-refractivity contribution in [3.8, 4) is 5.75 Å². The van der Waals surface area contributed by atoms with Gasteiger partial charge >= 0.3 is 6.09 Å². The molecule has 1 heterocycles. The summed E-state index contributed by atoms with van der Waals surface area (Å²) in [6, 6.07) is 7.05. The molecule has 7 nitrogen and oxygen atoms in total. The van der Waals surface area contributed by atoms with Gasteiger partial charge in [-0.2, -0.15) is 0 Å². The molecule has 1 saturated heterocycles. The Morgan fingerprint density at radius 3 is 2.52 bits per heavy atom. The van der Waals surface area contributed by atoms with Crippen LogP contribution in [0.25, 0.3) is 0 Å². The molecular formula is C19H30N2O5S. The van der Waals surface area contributed by atoms with Crippen LogP contribution in [0.3, 0.4) is 0 Å². The first-order valence-corrected chi connectivity index (χ1v) is 10.8. The van der Waals surface area contributed by atoms with Crippen LogP contribution in [0.1, 0.15) is 39.2 Å². The predicted molar refractivity (Wildman–Crippen MR) is 104 cm³/mol. The Kier molecular flexibility index (Phi) is 7.11. The second kappa shape index (κ2) is 8.93. The Hall–Kier alpha value is -1.80. The number of nitrogens with one attached hydrogen (secondary N) is 1. The van der Waals surface area contributed by atoms with Crippen molar-refractivity contribution in [1.82, 2.24) is 9.62 Å². The van der Waals surface area contributed by atoms with Gasteiger partial charge in [0, 0.05) is 19.6 Å². The number of nitrogens with zero attached hydrogens (tertiary/aromatic N) is 1. The third kappa shape index (κ3) is 7.03. The molecule has 1 fully saturated rings. The number of carbonyl (C=O) groups is 1. The van der Waals surface area contributed by atoms with Gasteiger partial charge in [-0.25, -0.2) is 17.5 Å². The fourth-order valence-electron chi connectivity index (χ4n) is 3.01. The van der Waals surface area contributed by atoms with Crippen LogP contribution in [0.15, 0.2) is 24.3 Å². The summed E-state index contributed by atoms with van der Waals surface area (Å²) in [4.78, 5) is 11.8. The molecule has 152 valence electrons. The first-order valence-electron chi connectivity index (χ1n) is 9.17. The highest BCUT2D eigenvalue weighted by atomic mass is 32.2. The largest absolute Gasteiger partial charge is 0.497 e. The molecule has 0 spiro atoms. The van der Waals surface area contributed by atoms with Gasteiger partial charge in [-0.15, -0.1) is 0 Å². The number of alkyl carbamates (subject to hydrolysis) is 1. The molecule has 1 aliphatic heterocycles. The van der Waals surface area contributed by atoms with E-state index in [2.05, 4.69) is 5.32 Å². The molecule has 8 heteroatoms. The van der Waals surface area contributed by atoms with Gasteiger partial charge in [0.15, 0.2) is 0 Å². The first-order chi connectivity index (χ1) is 12.6. The number of methoxy groups -OCH3 is 1. The quantitative estimate of drug-likeness (QED) is 0.796. The SMILES string of the molecule is COc1ccc(CS(=O)(=O)N2CCCC(CNC(=O)OC(C)(C)C)C2)cc1. The number of ether oxygens (including phenoxy) is 2. The molecule has 0 radical (unpaired) electrons. The molecule has 0 bridgehead atoms. The summed E-state index contributed by atoms with van der Waals surface area (Å²) in [5.41, 5.74) is 0.175. The molecule has 2 rings (SSSR count). The zero-order valence-corrected chi connectivity index (χ0v) is 17.3. The van der Waals surface area contributed by atoms with Gasteiger partial charge < -0.3 is 14.8 Å². The van der Waals surface area contributed by atoms with E-state index in [0.29, 0.717) is 25.4 Å². The fourth-order valence-corrected chi connectivity index (χ4v) is 4.65. The average Bonchev–Trinajstić information content (AvgIpc) is 2.59. The number of carbonyl (C=O) groups excluding carboxylic acids is 1. The van der Waals surface area contributed by atoms with Crippen LogP contribution in [0.5, 0.6) is 5.75 Å². The van der Waals surface area contributed by atoms with Crippen molar-refractivity contribution < 1.29 is 22.7 Å². The molecule has 0 saturated carbocycles. The third-order valence-electron chi connectivity index (χ3n) is 4.32. The second-order valence-corrected chi connectivity index (χ2v) is 9.82. The molecule has 1 aliphatic rings. The summed E-state index contributed by atoms with van der Waals surface area (Å²) in [5.74, 6) is 0.739. The van der Waals surface area contributed by atoms with E-state index in [0.717, 1.165) is 18.4 Å². The van der Waals surface area contributed by atoms with E-state index in [-0.39, 0.29) is 11.7 Å². The Morgan fingerprint density at radius 1 is 1.26 bits per heavy atom. The number of rotatable bonds is 6. The second-order valence-electron chi connectivity index (χ2n) is 7.85. The number of hydrogen-bond acceptors (Lipinski definition) is 5. The van der Waals surface area contributed by atoms with Gasteiger partial charge in [-0.3, -0.25) is 0 Å². The molecule has 27 heavy (non-hydrogen) atoms. The summed E-state index contributed by atoms with van der Waals surface area (Å²) in [6.07, 6.45) is 1.19. The minimum absolute atomic E-state index is 0.0385. The number of benzene rings is 1. The van der Waals surface area contributed by atoms with Crippen molar-refractivity contribution in [2.45, 2.75) is 45.0 Å². The van der Waals surface area contributed by atoms with E-state index >= 15 is 0 Å². The van der Waals surface area contributed by atoms with Crippen LogP contribution >= 0.6 is 0 Å².